The second-order valence-electron chi connectivity index (χ2n) is 11.5. The van der Waals surface area contributed by atoms with E-state index in [1.807, 2.05) is 6.07 Å². The van der Waals surface area contributed by atoms with Crippen LogP contribution in [0.3, 0.4) is 0 Å². The van der Waals surface area contributed by atoms with E-state index >= 15 is 0 Å². The Labute approximate surface area is 255 Å². The summed E-state index contributed by atoms with van der Waals surface area (Å²) >= 11 is 0. The van der Waals surface area contributed by atoms with Crippen LogP contribution in [0, 0.1) is 0 Å². The van der Waals surface area contributed by atoms with Crippen molar-refractivity contribution in [2.24, 2.45) is 5.73 Å². The van der Waals surface area contributed by atoms with Gasteiger partial charge >= 0.3 is 6.36 Å². The predicted octanol–water partition coefficient (Wildman–Crippen LogP) is 6.55. The molecule has 2 aliphatic rings. The van der Waals surface area contributed by atoms with Crippen molar-refractivity contribution in [1.82, 2.24) is 14.4 Å². The van der Waals surface area contributed by atoms with Crippen molar-refractivity contribution >= 4 is 10.9 Å². The second-order valence-corrected chi connectivity index (χ2v) is 11.5. The van der Waals surface area contributed by atoms with E-state index in [9.17, 15) is 13.2 Å². The summed E-state index contributed by atoms with van der Waals surface area (Å²) in [6.45, 7) is 9.88. The monoisotopic (exact) mass is 608 g/mol. The molecule has 2 N–H and O–H groups in total. The lowest BCUT2D eigenvalue weighted by Gasteiger charge is -2.35. The van der Waals surface area contributed by atoms with Crippen LogP contribution in [0.15, 0.2) is 60.8 Å². The fraction of sp³-hybridized carbons (Fsp3) is 0.412. The molecule has 1 saturated heterocycles. The molecule has 234 valence electrons. The van der Waals surface area contributed by atoms with Gasteiger partial charge in [-0.15, -0.1) is 13.2 Å². The van der Waals surface area contributed by atoms with E-state index in [-0.39, 0.29) is 12.3 Å². The van der Waals surface area contributed by atoms with Crippen molar-refractivity contribution in [3.63, 3.8) is 0 Å². The predicted molar refractivity (Wildman–Crippen MR) is 165 cm³/mol. The largest absolute Gasteiger partial charge is 0.573 e. The lowest BCUT2D eigenvalue weighted by Crippen LogP contribution is -2.45. The molecule has 0 aliphatic carbocycles. The first-order valence-corrected chi connectivity index (χ1v) is 15.3. The number of nitrogens with zero attached hydrogens (tertiary/aromatic N) is 3. The Morgan fingerprint density at radius 2 is 1.50 bits per heavy atom. The maximum atomic E-state index is 12.9. The van der Waals surface area contributed by atoms with E-state index in [2.05, 4.69) is 62.6 Å². The fourth-order valence-electron chi connectivity index (χ4n) is 6.18. The van der Waals surface area contributed by atoms with Gasteiger partial charge in [0.1, 0.15) is 19.0 Å². The summed E-state index contributed by atoms with van der Waals surface area (Å²) in [5.41, 5.74) is 12.0. The number of rotatable bonds is 10. The number of halogens is 3. The zero-order valence-electron chi connectivity index (χ0n) is 25.0. The van der Waals surface area contributed by atoms with Crippen molar-refractivity contribution in [2.45, 2.75) is 52.3 Å². The van der Waals surface area contributed by atoms with Crippen LogP contribution in [-0.4, -0.2) is 60.1 Å². The minimum absolute atomic E-state index is 0.0995. The number of piperazine rings is 1. The van der Waals surface area contributed by atoms with Gasteiger partial charge in [-0.25, -0.2) is 0 Å². The summed E-state index contributed by atoms with van der Waals surface area (Å²) in [4.78, 5) is 4.95. The van der Waals surface area contributed by atoms with Gasteiger partial charge in [0.25, 0.3) is 0 Å². The number of unbranched alkanes of at least 4 members (excludes halogenated alkanes) is 1. The number of nitrogens with two attached hydrogens (primary N) is 1. The third kappa shape index (κ3) is 6.98. The van der Waals surface area contributed by atoms with E-state index < -0.39 is 6.36 Å². The van der Waals surface area contributed by atoms with Gasteiger partial charge in [-0.1, -0.05) is 31.5 Å². The summed E-state index contributed by atoms with van der Waals surface area (Å²) in [7, 11) is 0. The van der Waals surface area contributed by atoms with E-state index in [4.69, 9.17) is 15.2 Å². The number of alkyl halides is 3. The third-order valence-electron chi connectivity index (χ3n) is 8.40. The van der Waals surface area contributed by atoms with E-state index in [1.165, 1.54) is 23.3 Å². The summed E-state index contributed by atoms with van der Waals surface area (Å²) in [6, 6.07) is 17.3. The molecule has 10 heteroatoms. The van der Waals surface area contributed by atoms with Gasteiger partial charge in [-0.05, 0) is 65.1 Å². The highest BCUT2D eigenvalue weighted by molar-refractivity contribution is 5.97. The summed E-state index contributed by atoms with van der Waals surface area (Å²) in [5, 5.41) is 1.08. The second kappa shape index (κ2) is 13.1. The van der Waals surface area contributed by atoms with Gasteiger partial charge in [-0.2, -0.15) is 0 Å². The molecule has 44 heavy (non-hydrogen) atoms. The van der Waals surface area contributed by atoms with Gasteiger partial charge in [0.2, 0.25) is 0 Å². The average Bonchev–Trinajstić information content (AvgIpc) is 3.37. The molecular formula is C34H39F3N4O3. The number of hydrogen-bond donors (Lipinski definition) is 1. The molecule has 0 saturated carbocycles. The standard InChI is InChI=1S/C34H39F3N4O3/c1-2-3-10-41-23-30(28-7-6-27(19-26(28)20-38)44-34(35,36)37)29-17-24(4-8-31(29)41)21-39-11-13-40(14-12-39)22-25-5-9-32-33(18-25)43-16-15-42-32/h4-9,17-19,23H,2-3,10-16,20-22,38H2,1H3. The van der Waals surface area contributed by atoms with Crippen LogP contribution in [0.1, 0.15) is 36.5 Å². The smallest absolute Gasteiger partial charge is 0.486 e. The van der Waals surface area contributed by atoms with Crippen molar-refractivity contribution < 1.29 is 27.4 Å². The van der Waals surface area contributed by atoms with Crippen molar-refractivity contribution in [3.8, 4) is 28.4 Å². The van der Waals surface area contributed by atoms with Crippen LogP contribution in [0.4, 0.5) is 13.2 Å². The quantitative estimate of drug-likeness (QED) is 0.220. The SMILES string of the molecule is CCCCn1cc(-c2ccc(OC(F)(F)F)cc2CN)c2cc(CN3CCN(Cc4ccc5c(c4)OCCO5)CC3)ccc21. The Morgan fingerprint density at radius 3 is 2.18 bits per heavy atom. The zero-order valence-corrected chi connectivity index (χ0v) is 25.0. The highest BCUT2D eigenvalue weighted by Gasteiger charge is 2.31. The first kappa shape index (κ1) is 30.3. The van der Waals surface area contributed by atoms with Crippen LogP contribution in [0.25, 0.3) is 22.0 Å². The Balaban J connectivity index is 1.18. The molecule has 7 nitrogen and oxygen atoms in total. The lowest BCUT2D eigenvalue weighted by atomic mass is 9.98. The average molecular weight is 609 g/mol. The molecule has 1 aromatic heterocycles. The number of ether oxygens (including phenoxy) is 3. The molecule has 0 atom stereocenters. The first-order valence-electron chi connectivity index (χ1n) is 15.3. The molecule has 0 spiro atoms. The molecule has 3 aromatic carbocycles. The summed E-state index contributed by atoms with van der Waals surface area (Å²) in [6.07, 6.45) is -0.552. The maximum Gasteiger partial charge on any atom is 0.573 e. The number of fused-ring (bicyclic) bond motifs is 2. The van der Waals surface area contributed by atoms with Crippen molar-refractivity contribution in [2.75, 3.05) is 39.4 Å². The third-order valence-corrected chi connectivity index (χ3v) is 8.40. The summed E-state index contributed by atoms with van der Waals surface area (Å²) in [5.74, 6) is 1.39. The van der Waals surface area contributed by atoms with E-state index in [0.29, 0.717) is 18.8 Å². The molecule has 0 bridgehead atoms. The highest BCUT2D eigenvalue weighted by Crippen LogP contribution is 2.37. The molecule has 3 heterocycles. The maximum absolute atomic E-state index is 12.9. The number of aromatic nitrogens is 1. The Kier molecular flexibility index (Phi) is 9.02. The molecule has 0 unspecified atom stereocenters. The summed E-state index contributed by atoms with van der Waals surface area (Å²) < 4.78 is 56.4. The number of hydrogen-bond acceptors (Lipinski definition) is 6. The van der Waals surface area contributed by atoms with E-state index in [0.717, 1.165) is 92.2 Å². The molecule has 0 amide bonds. The topological polar surface area (TPSA) is 65.1 Å². The Hall–Kier alpha value is -3.73. The minimum Gasteiger partial charge on any atom is -0.486 e. The highest BCUT2D eigenvalue weighted by atomic mass is 19.4. The molecular weight excluding hydrogens is 569 g/mol. The van der Waals surface area contributed by atoms with Crippen LogP contribution in [0.5, 0.6) is 17.2 Å². The number of benzene rings is 3. The molecule has 6 rings (SSSR count). The molecule has 2 aliphatic heterocycles. The van der Waals surface area contributed by atoms with Crippen LogP contribution >= 0.6 is 0 Å². The molecule has 4 aromatic rings. The van der Waals surface area contributed by atoms with E-state index in [1.54, 1.807) is 6.07 Å². The minimum atomic E-state index is -4.75. The lowest BCUT2D eigenvalue weighted by molar-refractivity contribution is -0.274. The van der Waals surface area contributed by atoms with Gasteiger partial charge in [0.15, 0.2) is 11.5 Å². The van der Waals surface area contributed by atoms with Gasteiger partial charge in [-0.3, -0.25) is 9.80 Å². The van der Waals surface area contributed by atoms with Crippen molar-refractivity contribution in [1.29, 1.82) is 0 Å². The van der Waals surface area contributed by atoms with Crippen LogP contribution < -0.4 is 19.9 Å². The fourth-order valence-corrected chi connectivity index (χ4v) is 6.18. The van der Waals surface area contributed by atoms with Gasteiger partial charge < -0.3 is 24.5 Å². The Bertz CT molecular complexity index is 1590. The van der Waals surface area contributed by atoms with Gasteiger partial charge in [0.05, 0.1) is 0 Å². The Morgan fingerprint density at radius 1 is 0.818 bits per heavy atom. The molecule has 0 radical (unpaired) electrons. The van der Waals surface area contributed by atoms with Gasteiger partial charge in [0, 0.05) is 75.0 Å². The number of aryl methyl sites for hydroxylation is 1. The molecule has 1 fully saturated rings. The van der Waals surface area contributed by atoms with Crippen molar-refractivity contribution in [3.05, 3.63) is 77.5 Å². The normalized spacial score (nSPS) is 16.0. The van der Waals surface area contributed by atoms with Crippen LogP contribution in [0.2, 0.25) is 0 Å². The first-order chi connectivity index (χ1) is 21.3. The zero-order chi connectivity index (χ0) is 30.7. The van der Waals surface area contributed by atoms with Crippen LogP contribution in [-0.2, 0) is 26.2 Å².